The van der Waals surface area contributed by atoms with Crippen molar-refractivity contribution >= 4 is 5.97 Å². The molecule has 0 saturated heterocycles. The first-order valence-electron chi connectivity index (χ1n) is 4.95. The Bertz CT molecular complexity index is 301. The van der Waals surface area contributed by atoms with Crippen molar-refractivity contribution in [3.05, 3.63) is 30.1 Å². The second-order valence-corrected chi connectivity index (χ2v) is 3.27. The molecular weight excluding hydrogens is 192 g/mol. The van der Waals surface area contributed by atoms with Crippen LogP contribution in [-0.2, 0) is 9.53 Å². The zero-order valence-corrected chi connectivity index (χ0v) is 9.06. The molecule has 0 radical (unpaired) electrons. The summed E-state index contributed by atoms with van der Waals surface area (Å²) in [6.07, 6.45) is 3.98. The molecule has 15 heavy (non-hydrogen) atoms. The van der Waals surface area contributed by atoms with Gasteiger partial charge in [-0.3, -0.25) is 9.78 Å². The number of ether oxygens (including phenoxy) is 1. The summed E-state index contributed by atoms with van der Waals surface area (Å²) >= 11 is 0. The minimum absolute atomic E-state index is 0.182. The summed E-state index contributed by atoms with van der Waals surface area (Å²) in [5.41, 5.74) is 0.982. The van der Waals surface area contributed by atoms with Gasteiger partial charge in [0.2, 0.25) is 0 Å². The van der Waals surface area contributed by atoms with Gasteiger partial charge in [-0.05, 0) is 31.3 Å². The maximum absolute atomic E-state index is 10.9. The molecule has 1 aromatic rings. The van der Waals surface area contributed by atoms with Crippen LogP contribution in [0.5, 0.6) is 0 Å². The highest BCUT2D eigenvalue weighted by Gasteiger charge is 2.13. The van der Waals surface area contributed by atoms with Gasteiger partial charge in [-0.25, -0.2) is 0 Å². The van der Waals surface area contributed by atoms with Gasteiger partial charge in [0, 0.05) is 25.7 Å². The smallest absolute Gasteiger partial charge is 0.303 e. The quantitative estimate of drug-likeness (QED) is 0.741. The topological polar surface area (TPSA) is 51.2 Å². The predicted octanol–water partition coefficient (Wildman–Crippen LogP) is 1.30. The molecule has 0 aromatic carbocycles. The standard InChI is InChI=1S/C11H16N2O2/c1-9(14)15-11(5-6-12-2)10-3-7-13-8-4-10/h3-4,7-8,11-12H,5-6H2,1-2H3. The Morgan fingerprint density at radius 3 is 2.73 bits per heavy atom. The first-order chi connectivity index (χ1) is 7.24. The molecule has 0 amide bonds. The second-order valence-electron chi connectivity index (χ2n) is 3.27. The van der Waals surface area contributed by atoms with Crippen LogP contribution < -0.4 is 5.32 Å². The number of nitrogens with zero attached hydrogens (tertiary/aromatic N) is 1. The number of aromatic nitrogens is 1. The molecule has 4 heteroatoms. The fraction of sp³-hybridized carbons (Fsp3) is 0.455. The molecule has 0 aliphatic heterocycles. The Morgan fingerprint density at radius 2 is 2.20 bits per heavy atom. The van der Waals surface area contributed by atoms with E-state index in [1.54, 1.807) is 12.4 Å². The Balaban J connectivity index is 2.67. The molecule has 82 valence electrons. The van der Waals surface area contributed by atoms with Crippen molar-refractivity contribution in [3.63, 3.8) is 0 Å². The summed E-state index contributed by atoms with van der Waals surface area (Å²) in [5.74, 6) is -0.257. The second kappa shape index (κ2) is 6.14. The van der Waals surface area contributed by atoms with E-state index in [9.17, 15) is 4.79 Å². The van der Waals surface area contributed by atoms with E-state index in [-0.39, 0.29) is 12.1 Å². The lowest BCUT2D eigenvalue weighted by molar-refractivity contribution is -0.147. The van der Waals surface area contributed by atoms with Crippen molar-refractivity contribution in [2.45, 2.75) is 19.4 Å². The van der Waals surface area contributed by atoms with E-state index in [1.807, 2.05) is 19.2 Å². The molecule has 1 unspecified atom stereocenters. The van der Waals surface area contributed by atoms with Gasteiger partial charge in [-0.2, -0.15) is 0 Å². The molecular formula is C11H16N2O2. The highest BCUT2D eigenvalue weighted by Crippen LogP contribution is 2.19. The van der Waals surface area contributed by atoms with Gasteiger partial charge >= 0.3 is 5.97 Å². The maximum atomic E-state index is 10.9. The highest BCUT2D eigenvalue weighted by molar-refractivity contribution is 5.66. The lowest BCUT2D eigenvalue weighted by Crippen LogP contribution is -2.16. The van der Waals surface area contributed by atoms with Gasteiger partial charge in [0.05, 0.1) is 0 Å². The Hall–Kier alpha value is -1.42. The van der Waals surface area contributed by atoms with Crippen molar-refractivity contribution in [1.82, 2.24) is 10.3 Å². The average molecular weight is 208 g/mol. The van der Waals surface area contributed by atoms with Crippen LogP contribution in [0.1, 0.15) is 25.0 Å². The molecule has 1 heterocycles. The summed E-state index contributed by atoms with van der Waals surface area (Å²) in [6, 6.07) is 3.73. The number of carbonyl (C=O) groups excluding carboxylic acids is 1. The molecule has 0 aliphatic rings. The largest absolute Gasteiger partial charge is 0.458 e. The molecule has 0 bridgehead atoms. The van der Waals surface area contributed by atoms with Crippen molar-refractivity contribution in [2.75, 3.05) is 13.6 Å². The summed E-state index contributed by atoms with van der Waals surface area (Å²) < 4.78 is 5.23. The molecule has 1 rings (SSSR count). The number of esters is 1. The highest BCUT2D eigenvalue weighted by atomic mass is 16.5. The molecule has 4 nitrogen and oxygen atoms in total. The number of rotatable bonds is 5. The van der Waals surface area contributed by atoms with Crippen LogP contribution in [0.15, 0.2) is 24.5 Å². The first kappa shape index (κ1) is 11.7. The fourth-order valence-corrected chi connectivity index (χ4v) is 1.35. The van der Waals surface area contributed by atoms with Gasteiger partial charge in [0.25, 0.3) is 0 Å². The van der Waals surface area contributed by atoms with Crippen LogP contribution in [0.2, 0.25) is 0 Å². The third-order valence-corrected chi connectivity index (χ3v) is 2.04. The van der Waals surface area contributed by atoms with Gasteiger partial charge < -0.3 is 10.1 Å². The minimum Gasteiger partial charge on any atom is -0.458 e. The Morgan fingerprint density at radius 1 is 1.53 bits per heavy atom. The van der Waals surface area contributed by atoms with Crippen LogP contribution in [0.4, 0.5) is 0 Å². The minimum atomic E-state index is -0.257. The summed E-state index contributed by atoms with van der Waals surface area (Å²) in [4.78, 5) is 14.9. The molecule has 0 saturated carbocycles. The SMILES string of the molecule is CNCCC(OC(C)=O)c1ccncc1. The molecule has 1 N–H and O–H groups in total. The molecule has 0 aliphatic carbocycles. The number of hydrogen-bond acceptors (Lipinski definition) is 4. The lowest BCUT2D eigenvalue weighted by Gasteiger charge is -2.16. The van der Waals surface area contributed by atoms with Crippen molar-refractivity contribution < 1.29 is 9.53 Å². The number of carbonyl (C=O) groups is 1. The van der Waals surface area contributed by atoms with E-state index in [1.165, 1.54) is 6.92 Å². The Labute approximate surface area is 89.7 Å². The normalized spacial score (nSPS) is 12.1. The van der Waals surface area contributed by atoms with Gasteiger partial charge in [-0.15, -0.1) is 0 Å². The zero-order valence-electron chi connectivity index (χ0n) is 9.06. The van der Waals surface area contributed by atoms with E-state index in [0.29, 0.717) is 0 Å². The number of hydrogen-bond donors (Lipinski definition) is 1. The first-order valence-corrected chi connectivity index (χ1v) is 4.95. The van der Waals surface area contributed by atoms with E-state index in [4.69, 9.17) is 4.74 Å². The van der Waals surface area contributed by atoms with Gasteiger partial charge in [0.1, 0.15) is 6.10 Å². The third kappa shape index (κ3) is 4.08. The van der Waals surface area contributed by atoms with Gasteiger partial charge in [-0.1, -0.05) is 0 Å². The van der Waals surface area contributed by atoms with Crippen LogP contribution in [0, 0.1) is 0 Å². The lowest BCUT2D eigenvalue weighted by atomic mass is 10.1. The van der Waals surface area contributed by atoms with Gasteiger partial charge in [0.15, 0.2) is 0 Å². The van der Waals surface area contributed by atoms with Crippen LogP contribution in [0.3, 0.4) is 0 Å². The molecule has 0 spiro atoms. The maximum Gasteiger partial charge on any atom is 0.303 e. The zero-order chi connectivity index (χ0) is 11.1. The fourth-order valence-electron chi connectivity index (χ4n) is 1.35. The molecule has 0 fully saturated rings. The molecule has 1 atom stereocenters. The summed E-state index contributed by atoms with van der Waals surface area (Å²) in [7, 11) is 1.87. The van der Waals surface area contributed by atoms with Crippen molar-refractivity contribution in [2.24, 2.45) is 0 Å². The number of pyridine rings is 1. The Kier molecular flexibility index (Phi) is 4.77. The van der Waals surface area contributed by atoms with E-state index in [2.05, 4.69) is 10.3 Å². The van der Waals surface area contributed by atoms with Crippen LogP contribution in [-0.4, -0.2) is 24.5 Å². The summed E-state index contributed by atoms with van der Waals surface area (Å²) in [6.45, 7) is 2.23. The van der Waals surface area contributed by atoms with Crippen LogP contribution in [0.25, 0.3) is 0 Å². The third-order valence-electron chi connectivity index (χ3n) is 2.04. The van der Waals surface area contributed by atoms with E-state index >= 15 is 0 Å². The van der Waals surface area contributed by atoms with Crippen LogP contribution >= 0.6 is 0 Å². The molecule has 1 aromatic heterocycles. The summed E-state index contributed by atoms with van der Waals surface area (Å²) in [5, 5.41) is 3.03. The monoisotopic (exact) mass is 208 g/mol. The van der Waals surface area contributed by atoms with Crippen molar-refractivity contribution in [3.8, 4) is 0 Å². The average Bonchev–Trinajstić information content (AvgIpc) is 2.25. The van der Waals surface area contributed by atoms with E-state index in [0.717, 1.165) is 18.5 Å². The predicted molar refractivity (Wildman–Crippen MR) is 57.3 cm³/mol. The number of nitrogens with one attached hydrogen (secondary N) is 1. The van der Waals surface area contributed by atoms with E-state index < -0.39 is 0 Å². The van der Waals surface area contributed by atoms with Crippen molar-refractivity contribution in [1.29, 1.82) is 0 Å².